The topological polar surface area (TPSA) is 279 Å². The number of amidine groups is 1. The number of hydrogen-bond acceptors (Lipinski definition) is 10. The Morgan fingerprint density at radius 1 is 1.20 bits per heavy atom. The number of carbonyl (C=O) groups excluding carboxylic acids is 3. The van der Waals surface area contributed by atoms with Gasteiger partial charge in [-0.3, -0.25) is 20.4 Å². The van der Waals surface area contributed by atoms with Gasteiger partial charge in [0.25, 0.3) is 0 Å². The van der Waals surface area contributed by atoms with Gasteiger partial charge in [0.2, 0.25) is 21.8 Å². The number of aryl methyl sites for hydroxylation is 1. The Balaban J connectivity index is 2.03. The van der Waals surface area contributed by atoms with Crippen molar-refractivity contribution in [1.29, 1.82) is 10.8 Å². The molecule has 17 nitrogen and oxygen atoms in total. The average molecular weight is 593 g/mol. The lowest BCUT2D eigenvalue weighted by atomic mass is 10.1. The van der Waals surface area contributed by atoms with Crippen LogP contribution in [-0.4, -0.2) is 96.1 Å². The maximum Gasteiger partial charge on any atom is 0.240 e. The molecule has 0 aliphatic rings. The number of nitrogen functional groups attached to an aromatic ring is 1. The number of aldehydes is 1. The third-order valence-electron chi connectivity index (χ3n) is 5.79. The summed E-state index contributed by atoms with van der Waals surface area (Å²) in [6.45, 7) is 0.0333. The highest BCUT2D eigenvalue weighted by Gasteiger charge is 2.29. The van der Waals surface area contributed by atoms with Crippen molar-refractivity contribution in [3.05, 3.63) is 41.2 Å². The van der Waals surface area contributed by atoms with Crippen LogP contribution in [0.5, 0.6) is 0 Å². The highest BCUT2D eigenvalue weighted by Crippen LogP contribution is 2.11. The second kappa shape index (κ2) is 16.0. The van der Waals surface area contributed by atoms with Crippen LogP contribution in [0.3, 0.4) is 0 Å². The first-order chi connectivity index (χ1) is 19.4. The Bertz CT molecular complexity index is 1300. The number of unbranched alkanes of at least 4 members (excludes halogenated alkanes) is 1. The minimum atomic E-state index is -4.06. The molecule has 1 heterocycles. The molecule has 0 aliphatic carbocycles. The summed E-state index contributed by atoms with van der Waals surface area (Å²) >= 11 is 0. The number of nitrogens with two attached hydrogens (primary N) is 2. The van der Waals surface area contributed by atoms with Crippen LogP contribution in [0.25, 0.3) is 0 Å². The predicted octanol–water partition coefficient (Wildman–Crippen LogP) is -2.30. The summed E-state index contributed by atoms with van der Waals surface area (Å²) in [5, 5.41) is 33.2. The normalized spacial score (nSPS) is 12.6. The fourth-order valence-corrected chi connectivity index (χ4v) is 5.15. The van der Waals surface area contributed by atoms with E-state index in [4.69, 9.17) is 22.3 Å². The molecule has 2 aromatic rings. The van der Waals surface area contributed by atoms with Crippen molar-refractivity contribution in [3.8, 4) is 0 Å². The molecule has 41 heavy (non-hydrogen) atoms. The van der Waals surface area contributed by atoms with Gasteiger partial charge in [-0.2, -0.15) is 5.21 Å². The van der Waals surface area contributed by atoms with Gasteiger partial charge in [0, 0.05) is 25.6 Å². The Kier molecular flexibility index (Phi) is 12.8. The van der Waals surface area contributed by atoms with Gasteiger partial charge in [0.15, 0.2) is 11.8 Å². The zero-order chi connectivity index (χ0) is 30.4. The maximum atomic E-state index is 13.3. The van der Waals surface area contributed by atoms with Crippen molar-refractivity contribution in [3.63, 3.8) is 0 Å². The molecule has 2 amide bonds. The summed E-state index contributed by atoms with van der Waals surface area (Å²) in [6.07, 6.45) is 2.24. The highest BCUT2D eigenvalue weighted by molar-refractivity contribution is 7.88. The van der Waals surface area contributed by atoms with E-state index in [-0.39, 0.29) is 30.5 Å². The fraction of sp³-hybridized carbons (Fsp3) is 0.478. The molecule has 0 unspecified atom stereocenters. The summed E-state index contributed by atoms with van der Waals surface area (Å²) in [5.41, 5.74) is 11.4. The lowest BCUT2D eigenvalue weighted by Crippen LogP contribution is -2.51. The van der Waals surface area contributed by atoms with Crippen LogP contribution >= 0.6 is 0 Å². The van der Waals surface area contributed by atoms with Crippen molar-refractivity contribution in [2.24, 2.45) is 11.5 Å². The van der Waals surface area contributed by atoms with E-state index in [2.05, 4.69) is 36.0 Å². The molecule has 2 atom stereocenters. The monoisotopic (exact) mass is 592 g/mol. The molecule has 18 heteroatoms. The van der Waals surface area contributed by atoms with Crippen LogP contribution < -0.4 is 26.8 Å². The molecule has 224 valence electrons. The van der Waals surface area contributed by atoms with Crippen LogP contribution in [0.2, 0.25) is 0 Å². The van der Waals surface area contributed by atoms with Gasteiger partial charge in [-0.1, -0.05) is 23.4 Å². The summed E-state index contributed by atoms with van der Waals surface area (Å²) in [7, 11) is -2.72. The second-order valence-electron chi connectivity index (χ2n) is 9.25. The van der Waals surface area contributed by atoms with Gasteiger partial charge in [-0.05, 0) is 37.3 Å². The molecule has 10 N–H and O–H groups in total. The average Bonchev–Trinajstić information content (AvgIpc) is 3.43. The molecule has 1 aromatic carbocycles. The number of nitrogens with zero attached hydrogens (tertiary/aromatic N) is 4. The number of hydrogen-bond donors (Lipinski definition) is 8. The maximum absolute atomic E-state index is 13.3. The van der Waals surface area contributed by atoms with E-state index in [0.717, 1.165) is 4.90 Å². The first-order valence-electron chi connectivity index (χ1n) is 12.6. The third kappa shape index (κ3) is 12.1. The van der Waals surface area contributed by atoms with E-state index < -0.39 is 46.2 Å². The minimum Gasteiger partial charge on any atom is -0.384 e. The van der Waals surface area contributed by atoms with Gasteiger partial charge in [-0.25, -0.2) is 13.1 Å². The number of sulfonamides is 1. The number of nitrogens with one attached hydrogen (secondary N) is 6. The van der Waals surface area contributed by atoms with Crippen LogP contribution in [0.4, 0.5) is 0 Å². The molecular weight excluding hydrogens is 556 g/mol. The molecule has 0 radical (unpaired) electrons. The van der Waals surface area contributed by atoms with Gasteiger partial charge in [0.1, 0.15) is 18.2 Å². The Labute approximate surface area is 237 Å². The summed E-state index contributed by atoms with van der Waals surface area (Å²) in [4.78, 5) is 38.3. The standard InChI is InChI=1S/C23H36N12O5S/c1-35(12-20(37)29-17(13-36)7-2-3-10-28-23(26)27)22(38)18(8-9-19-30-33-34-31-19)32-41(39,40)14-15-5-4-6-16(11-15)21(24)25/h4-6,11,13,17-18,32H,2-3,7-10,12,14H2,1H3,(H3,24,25)(H,29,37)(H4,26,27,28)(H,30,31,33,34)/t17-,18-/m0/s1. The number of carbonyl (C=O) groups is 3. The van der Waals surface area contributed by atoms with E-state index in [9.17, 15) is 22.8 Å². The molecule has 0 aliphatic heterocycles. The summed E-state index contributed by atoms with van der Waals surface area (Å²) < 4.78 is 28.4. The Morgan fingerprint density at radius 3 is 2.59 bits per heavy atom. The van der Waals surface area contributed by atoms with E-state index in [1.54, 1.807) is 18.2 Å². The zero-order valence-electron chi connectivity index (χ0n) is 22.6. The van der Waals surface area contributed by atoms with Gasteiger partial charge < -0.3 is 31.8 Å². The number of aromatic nitrogens is 4. The van der Waals surface area contributed by atoms with Crippen LogP contribution in [0.1, 0.15) is 42.6 Å². The molecule has 0 bridgehead atoms. The van der Waals surface area contributed by atoms with Crippen molar-refractivity contribution < 1.29 is 22.8 Å². The number of tetrazole rings is 1. The molecule has 0 spiro atoms. The number of benzene rings is 1. The highest BCUT2D eigenvalue weighted by atomic mass is 32.2. The minimum absolute atomic E-state index is 0.0255. The van der Waals surface area contributed by atoms with Crippen LogP contribution in [0.15, 0.2) is 24.3 Å². The number of H-pyrrole nitrogens is 1. The molecule has 1 aromatic heterocycles. The largest absolute Gasteiger partial charge is 0.384 e. The first kappa shape index (κ1) is 32.8. The molecule has 0 saturated carbocycles. The van der Waals surface area contributed by atoms with E-state index >= 15 is 0 Å². The number of aromatic amines is 1. The summed E-state index contributed by atoms with van der Waals surface area (Å²) in [5.74, 6) is -1.86. The van der Waals surface area contributed by atoms with Gasteiger partial charge >= 0.3 is 0 Å². The molecule has 2 rings (SSSR count). The lowest BCUT2D eigenvalue weighted by molar-refractivity contribution is -0.136. The Hall–Kier alpha value is -4.45. The molecule has 0 saturated heterocycles. The molecule has 0 fully saturated rings. The van der Waals surface area contributed by atoms with Crippen molar-refractivity contribution >= 4 is 39.9 Å². The van der Waals surface area contributed by atoms with E-state index in [1.165, 1.54) is 13.1 Å². The quantitative estimate of drug-likeness (QED) is 0.0394. The van der Waals surface area contributed by atoms with Crippen molar-refractivity contribution in [2.75, 3.05) is 20.1 Å². The van der Waals surface area contributed by atoms with E-state index in [1.807, 2.05) is 0 Å². The number of rotatable bonds is 18. The number of guanidine groups is 1. The lowest BCUT2D eigenvalue weighted by Gasteiger charge is -2.24. The van der Waals surface area contributed by atoms with E-state index in [0.29, 0.717) is 43.2 Å². The number of likely N-dealkylation sites (N-methyl/N-ethyl adjacent to an activating group) is 1. The molecular formula is C23H36N12O5S. The van der Waals surface area contributed by atoms with Crippen molar-refractivity contribution in [2.45, 2.75) is 49.9 Å². The fourth-order valence-electron chi connectivity index (χ4n) is 3.80. The van der Waals surface area contributed by atoms with Gasteiger partial charge in [0.05, 0.1) is 18.3 Å². The smallest absolute Gasteiger partial charge is 0.240 e. The number of amides is 2. The summed E-state index contributed by atoms with van der Waals surface area (Å²) in [6, 6.07) is 4.13. The third-order valence-corrected chi connectivity index (χ3v) is 7.14. The van der Waals surface area contributed by atoms with Crippen LogP contribution in [-0.2, 0) is 36.6 Å². The van der Waals surface area contributed by atoms with Gasteiger partial charge in [-0.15, -0.1) is 10.2 Å². The first-order valence-corrected chi connectivity index (χ1v) is 14.3. The second-order valence-corrected chi connectivity index (χ2v) is 11.0. The Morgan fingerprint density at radius 2 is 1.95 bits per heavy atom. The zero-order valence-corrected chi connectivity index (χ0v) is 23.4. The van der Waals surface area contributed by atoms with Crippen LogP contribution in [0, 0.1) is 10.8 Å². The predicted molar refractivity (Wildman–Crippen MR) is 149 cm³/mol. The van der Waals surface area contributed by atoms with Crippen molar-refractivity contribution in [1.82, 2.24) is 40.9 Å². The SMILES string of the molecule is CN(CC(=O)N[C@H](C=O)CCCCNC(=N)N)C(=O)[C@H](CCc1nn[nH]n1)NS(=O)(=O)Cc1cccc(C(=N)N)c1.